The van der Waals surface area contributed by atoms with E-state index in [-0.39, 0.29) is 43.3 Å². The maximum absolute atomic E-state index is 12.5. The third kappa shape index (κ3) is 6.62. The van der Waals surface area contributed by atoms with Crippen molar-refractivity contribution in [2.75, 3.05) is 0 Å². The van der Waals surface area contributed by atoms with E-state index in [9.17, 15) is 18.0 Å². The predicted molar refractivity (Wildman–Crippen MR) is 120 cm³/mol. The molecule has 168 valence electrons. The van der Waals surface area contributed by atoms with E-state index in [2.05, 4.69) is 9.97 Å². The number of fused-ring (bicyclic) bond motifs is 1. The number of ether oxygens (including phenoxy) is 1. The van der Waals surface area contributed by atoms with Crippen LogP contribution < -0.4 is 10.1 Å². The highest BCUT2D eigenvalue weighted by Crippen LogP contribution is 2.33. The molecule has 2 heterocycles. The van der Waals surface area contributed by atoms with Crippen molar-refractivity contribution in [1.82, 2.24) is 15.3 Å². The molecule has 0 aliphatic rings. The maximum atomic E-state index is 12.5. The molecule has 0 unspecified atom stereocenters. The Bertz CT molecular complexity index is 1050. The van der Waals surface area contributed by atoms with Crippen LogP contribution in [0.2, 0.25) is 10.2 Å². The van der Waals surface area contributed by atoms with Crippen LogP contribution in [-0.2, 0) is 11.4 Å². The van der Waals surface area contributed by atoms with Gasteiger partial charge in [0, 0.05) is 23.2 Å². The van der Waals surface area contributed by atoms with Crippen molar-refractivity contribution in [3.8, 4) is 5.75 Å². The zero-order valence-electron chi connectivity index (χ0n) is 15.4. The Morgan fingerprint density at radius 3 is 2.55 bits per heavy atom. The molecule has 3 rings (SSSR count). The molecule has 3 aromatic rings. The lowest BCUT2D eigenvalue weighted by Crippen LogP contribution is -2.38. The topological polar surface area (TPSA) is 64.1 Å². The lowest BCUT2D eigenvalue weighted by atomic mass is 10.1. The monoisotopic (exact) mass is 493 g/mol. The SMILES string of the molecule is C.C[C@H](NC(=O)C(F)(F)F)c1cc2cc(Cl)c(OCc3ccccn3)cc2nc1Cl.S. The molecule has 0 radical (unpaired) electrons. The van der Waals surface area contributed by atoms with Crippen molar-refractivity contribution in [1.29, 1.82) is 0 Å². The summed E-state index contributed by atoms with van der Waals surface area (Å²) in [6, 6.07) is 9.08. The number of nitrogens with zero attached hydrogens (tertiary/aromatic N) is 2. The number of hydrogen-bond donors (Lipinski definition) is 1. The fourth-order valence-electron chi connectivity index (χ4n) is 2.57. The summed E-state index contributed by atoms with van der Waals surface area (Å²) in [6.45, 7) is 1.57. The smallest absolute Gasteiger partial charge is 0.471 e. The number of alkyl halides is 3. The van der Waals surface area contributed by atoms with Gasteiger partial charge in [-0.3, -0.25) is 9.78 Å². The third-order valence-corrected chi connectivity index (χ3v) is 4.62. The molecule has 2 aromatic heterocycles. The molecule has 1 atom stereocenters. The van der Waals surface area contributed by atoms with Crippen molar-refractivity contribution in [2.45, 2.75) is 33.2 Å². The highest BCUT2D eigenvalue weighted by molar-refractivity contribution is 7.59. The Labute approximate surface area is 194 Å². The normalized spacial score (nSPS) is 11.8. The number of halogens is 5. The van der Waals surface area contributed by atoms with Gasteiger partial charge >= 0.3 is 12.1 Å². The van der Waals surface area contributed by atoms with Gasteiger partial charge in [-0.15, -0.1) is 0 Å². The Balaban J connectivity index is 0.00000240. The fraction of sp³-hybridized carbons (Fsp3) is 0.250. The largest absolute Gasteiger partial charge is 0.486 e. The summed E-state index contributed by atoms with van der Waals surface area (Å²) in [7, 11) is 0. The van der Waals surface area contributed by atoms with Gasteiger partial charge in [0.2, 0.25) is 0 Å². The first-order valence-electron chi connectivity index (χ1n) is 8.35. The number of amides is 1. The van der Waals surface area contributed by atoms with Gasteiger partial charge in [0.05, 0.1) is 22.3 Å². The first kappa shape index (κ1) is 26.8. The van der Waals surface area contributed by atoms with E-state index in [0.717, 1.165) is 0 Å². The summed E-state index contributed by atoms with van der Waals surface area (Å²) < 4.78 is 43.1. The zero-order valence-corrected chi connectivity index (χ0v) is 17.9. The molecule has 5 nitrogen and oxygen atoms in total. The summed E-state index contributed by atoms with van der Waals surface area (Å²) in [5.74, 6) is -1.70. The maximum Gasteiger partial charge on any atom is 0.471 e. The van der Waals surface area contributed by atoms with Gasteiger partial charge in [0.25, 0.3) is 0 Å². The molecule has 0 aliphatic heterocycles. The average molecular weight is 494 g/mol. The number of carbonyl (C=O) groups excluding carboxylic acids is 1. The Hall–Kier alpha value is -2.23. The molecule has 0 spiro atoms. The van der Waals surface area contributed by atoms with Crippen LogP contribution in [-0.4, -0.2) is 22.1 Å². The molecule has 1 N–H and O–H groups in total. The van der Waals surface area contributed by atoms with Gasteiger partial charge in [-0.05, 0) is 31.2 Å². The van der Waals surface area contributed by atoms with Crippen LogP contribution in [0, 0.1) is 0 Å². The molecule has 0 saturated carbocycles. The number of carbonyl (C=O) groups is 1. The second kappa shape index (κ2) is 10.9. The molecule has 1 amide bonds. The third-order valence-electron chi connectivity index (χ3n) is 4.02. The van der Waals surface area contributed by atoms with Crippen LogP contribution >= 0.6 is 36.7 Å². The number of benzene rings is 1. The van der Waals surface area contributed by atoms with Crippen molar-refractivity contribution in [3.05, 3.63) is 64.0 Å². The summed E-state index contributed by atoms with van der Waals surface area (Å²) in [5, 5.41) is 2.64. The van der Waals surface area contributed by atoms with E-state index in [1.807, 2.05) is 11.4 Å². The molecule has 1 aromatic carbocycles. The van der Waals surface area contributed by atoms with Gasteiger partial charge in [0.15, 0.2) is 0 Å². The van der Waals surface area contributed by atoms with E-state index in [4.69, 9.17) is 27.9 Å². The minimum Gasteiger partial charge on any atom is -0.486 e. The molecular weight excluding hydrogens is 474 g/mol. The Kier molecular flexibility index (Phi) is 9.41. The van der Waals surface area contributed by atoms with Crippen molar-refractivity contribution in [2.24, 2.45) is 0 Å². The van der Waals surface area contributed by atoms with Crippen molar-refractivity contribution >= 4 is 53.5 Å². The molecule has 0 saturated heterocycles. The number of hydrogen-bond acceptors (Lipinski definition) is 4. The summed E-state index contributed by atoms with van der Waals surface area (Å²) in [4.78, 5) is 19.5. The predicted octanol–water partition coefficient (Wildman–Crippen LogP) is 6.00. The van der Waals surface area contributed by atoms with Crippen LogP contribution in [0.25, 0.3) is 10.9 Å². The first-order valence-corrected chi connectivity index (χ1v) is 9.11. The molecule has 0 fully saturated rings. The van der Waals surface area contributed by atoms with Gasteiger partial charge in [-0.25, -0.2) is 4.98 Å². The van der Waals surface area contributed by atoms with E-state index in [1.165, 1.54) is 13.0 Å². The van der Waals surface area contributed by atoms with Crippen molar-refractivity contribution < 1.29 is 22.7 Å². The number of nitrogens with one attached hydrogen (secondary N) is 1. The Morgan fingerprint density at radius 1 is 1.23 bits per heavy atom. The minimum atomic E-state index is -4.99. The van der Waals surface area contributed by atoms with Gasteiger partial charge < -0.3 is 10.1 Å². The Morgan fingerprint density at radius 2 is 1.94 bits per heavy atom. The summed E-state index contributed by atoms with van der Waals surface area (Å²) in [5.41, 5.74) is 1.38. The molecule has 0 bridgehead atoms. The quantitative estimate of drug-likeness (QED) is 0.442. The molecule has 11 heteroatoms. The van der Waals surface area contributed by atoms with Crippen LogP contribution in [0.15, 0.2) is 42.6 Å². The number of aromatic nitrogens is 2. The first-order chi connectivity index (χ1) is 13.6. The summed E-state index contributed by atoms with van der Waals surface area (Å²) >= 11 is 12.4. The highest BCUT2D eigenvalue weighted by Gasteiger charge is 2.39. The standard InChI is InChI=1S/C19H14Cl2F3N3O2.CH4.H2S/c1-10(26-18(28)19(22,23)24)13-6-11-7-14(20)16(8-15(11)27-17(13)21)29-9-12-4-2-3-5-25-12;;/h2-8,10H,9H2,1H3,(H,26,28);1H4;1H2/t10-;;/m0../s1. The second-order valence-electron chi connectivity index (χ2n) is 6.15. The van der Waals surface area contributed by atoms with Gasteiger partial charge in [-0.2, -0.15) is 26.7 Å². The molecule has 31 heavy (non-hydrogen) atoms. The molecule has 0 aliphatic carbocycles. The average Bonchev–Trinajstić information content (AvgIpc) is 2.66. The van der Waals surface area contributed by atoms with Gasteiger partial charge in [0.1, 0.15) is 17.5 Å². The zero-order chi connectivity index (χ0) is 21.2. The summed E-state index contributed by atoms with van der Waals surface area (Å²) in [6.07, 6.45) is -3.35. The lowest BCUT2D eigenvalue weighted by Gasteiger charge is -2.17. The lowest BCUT2D eigenvalue weighted by molar-refractivity contribution is -0.174. The van der Waals surface area contributed by atoms with Crippen LogP contribution in [0.1, 0.15) is 31.6 Å². The van der Waals surface area contributed by atoms with E-state index >= 15 is 0 Å². The second-order valence-corrected chi connectivity index (χ2v) is 6.91. The molecular formula is C20H20Cl2F3N3O2S. The minimum absolute atomic E-state index is 0. The number of rotatable bonds is 5. The van der Waals surface area contributed by atoms with Crippen molar-refractivity contribution in [3.63, 3.8) is 0 Å². The number of pyridine rings is 2. The van der Waals surface area contributed by atoms with E-state index in [1.54, 1.807) is 30.5 Å². The van der Waals surface area contributed by atoms with Gasteiger partial charge in [-0.1, -0.05) is 36.7 Å². The highest BCUT2D eigenvalue weighted by atomic mass is 35.5. The van der Waals surface area contributed by atoms with Crippen LogP contribution in [0.5, 0.6) is 5.75 Å². The van der Waals surface area contributed by atoms with E-state index in [0.29, 0.717) is 22.3 Å². The fourth-order valence-corrected chi connectivity index (χ4v) is 3.11. The van der Waals surface area contributed by atoms with Crippen LogP contribution in [0.4, 0.5) is 13.2 Å². The van der Waals surface area contributed by atoms with Crippen LogP contribution in [0.3, 0.4) is 0 Å². The van der Waals surface area contributed by atoms with E-state index < -0.39 is 18.1 Å².